The van der Waals surface area contributed by atoms with E-state index in [4.69, 9.17) is 16.6 Å². The highest BCUT2D eigenvalue weighted by Gasteiger charge is 2.32. The number of aromatic nitrogens is 1. The summed E-state index contributed by atoms with van der Waals surface area (Å²) < 4.78 is 0. The second-order valence-electron chi connectivity index (χ2n) is 6.53. The lowest BCUT2D eigenvalue weighted by Gasteiger charge is -2.20. The zero-order valence-corrected chi connectivity index (χ0v) is 14.7. The number of halogens is 1. The van der Waals surface area contributed by atoms with Gasteiger partial charge in [0.2, 0.25) is 0 Å². The van der Waals surface area contributed by atoms with Gasteiger partial charge in [-0.25, -0.2) is 4.98 Å². The molecular formula is C19H18ClN3O. The number of hydrogen-bond donors (Lipinski definition) is 0. The van der Waals surface area contributed by atoms with Crippen LogP contribution in [0, 0.1) is 6.92 Å². The maximum Gasteiger partial charge on any atom is 0.259 e. The van der Waals surface area contributed by atoms with Gasteiger partial charge in [-0.1, -0.05) is 17.7 Å². The van der Waals surface area contributed by atoms with Crippen molar-refractivity contribution in [3.05, 3.63) is 46.5 Å². The fraction of sp³-hybridized carbons (Fsp3) is 0.263. The number of amides is 1. The molecule has 4 nitrogen and oxygen atoms in total. The molecule has 0 N–H and O–H groups in total. The third kappa shape index (κ3) is 2.18. The monoisotopic (exact) mass is 339 g/mol. The fourth-order valence-electron chi connectivity index (χ4n) is 3.35. The van der Waals surface area contributed by atoms with Gasteiger partial charge in [-0.15, -0.1) is 0 Å². The Morgan fingerprint density at radius 2 is 2.00 bits per heavy atom. The Balaban J connectivity index is 2.03. The van der Waals surface area contributed by atoms with Crippen molar-refractivity contribution in [3.8, 4) is 0 Å². The first-order chi connectivity index (χ1) is 11.5. The molecule has 4 rings (SSSR count). The quantitative estimate of drug-likeness (QED) is 0.680. The largest absolute Gasteiger partial charge is 0.308 e. The van der Waals surface area contributed by atoms with Gasteiger partial charge in [0.05, 0.1) is 22.3 Å². The van der Waals surface area contributed by atoms with E-state index >= 15 is 0 Å². The fourth-order valence-corrected chi connectivity index (χ4v) is 3.52. The van der Waals surface area contributed by atoms with Crippen molar-refractivity contribution in [2.75, 3.05) is 32.1 Å². The predicted molar refractivity (Wildman–Crippen MR) is 99.2 cm³/mol. The third-order valence-electron chi connectivity index (χ3n) is 4.59. The summed E-state index contributed by atoms with van der Waals surface area (Å²) >= 11 is 6.17. The maximum absolute atomic E-state index is 13.2. The van der Waals surface area contributed by atoms with Crippen molar-refractivity contribution < 1.29 is 4.79 Å². The van der Waals surface area contributed by atoms with Gasteiger partial charge in [0, 0.05) is 28.9 Å². The minimum absolute atomic E-state index is 0.0390. The lowest BCUT2D eigenvalue weighted by atomic mass is 10.0. The number of carbonyl (C=O) groups is 1. The number of pyridine rings is 1. The topological polar surface area (TPSA) is 36.4 Å². The normalized spacial score (nSPS) is 13.7. The Hall–Kier alpha value is -2.17. The Bertz CT molecular complexity index is 997. The van der Waals surface area contributed by atoms with Crippen molar-refractivity contribution in [1.29, 1.82) is 0 Å². The second kappa shape index (κ2) is 5.43. The zero-order chi connectivity index (χ0) is 17.0. The summed E-state index contributed by atoms with van der Waals surface area (Å²) in [6, 6.07) is 9.61. The molecule has 1 amide bonds. The van der Waals surface area contributed by atoms with Gasteiger partial charge in [0.25, 0.3) is 5.91 Å². The lowest BCUT2D eigenvalue weighted by Crippen LogP contribution is -2.34. The molecule has 1 aliphatic heterocycles. The van der Waals surface area contributed by atoms with Crippen LogP contribution in [0.4, 0.5) is 5.69 Å². The molecule has 2 heterocycles. The minimum atomic E-state index is 0.0390. The molecule has 0 unspecified atom stereocenters. The van der Waals surface area contributed by atoms with E-state index in [1.165, 1.54) is 0 Å². The summed E-state index contributed by atoms with van der Waals surface area (Å²) in [6.45, 7) is 3.49. The number of nitrogens with zero attached hydrogens (tertiary/aromatic N) is 3. The van der Waals surface area contributed by atoms with Crippen LogP contribution in [0.15, 0.2) is 30.3 Å². The summed E-state index contributed by atoms with van der Waals surface area (Å²) in [5, 5.41) is 2.40. The molecule has 3 aromatic rings. The van der Waals surface area contributed by atoms with Crippen LogP contribution in [-0.2, 0) is 0 Å². The third-order valence-corrected chi connectivity index (χ3v) is 4.82. The first-order valence-electron chi connectivity index (χ1n) is 7.96. The molecule has 0 saturated carbocycles. The van der Waals surface area contributed by atoms with Gasteiger partial charge in [-0.2, -0.15) is 0 Å². The Morgan fingerprint density at radius 3 is 2.75 bits per heavy atom. The second-order valence-corrected chi connectivity index (χ2v) is 6.97. The van der Waals surface area contributed by atoms with Gasteiger partial charge in [0.15, 0.2) is 0 Å². The number of anilines is 1. The molecule has 0 bridgehead atoms. The van der Waals surface area contributed by atoms with E-state index in [-0.39, 0.29) is 5.91 Å². The van der Waals surface area contributed by atoms with E-state index in [0.717, 1.165) is 45.2 Å². The molecule has 0 radical (unpaired) electrons. The van der Waals surface area contributed by atoms with Crippen LogP contribution in [0.1, 0.15) is 15.9 Å². The smallest absolute Gasteiger partial charge is 0.259 e. The van der Waals surface area contributed by atoms with Gasteiger partial charge in [-0.3, -0.25) is 4.79 Å². The van der Waals surface area contributed by atoms with Gasteiger partial charge >= 0.3 is 0 Å². The summed E-state index contributed by atoms with van der Waals surface area (Å²) in [4.78, 5) is 21.9. The van der Waals surface area contributed by atoms with Gasteiger partial charge < -0.3 is 9.80 Å². The molecule has 24 heavy (non-hydrogen) atoms. The zero-order valence-electron chi connectivity index (χ0n) is 13.9. The molecule has 0 atom stereocenters. The Morgan fingerprint density at radius 1 is 1.21 bits per heavy atom. The van der Waals surface area contributed by atoms with E-state index in [0.29, 0.717) is 11.6 Å². The first-order valence-corrected chi connectivity index (χ1v) is 8.34. The van der Waals surface area contributed by atoms with E-state index < -0.39 is 0 Å². The number of aryl methyl sites for hydroxylation is 1. The number of likely N-dealkylation sites (N-methyl/N-ethyl adjacent to an activating group) is 1. The molecule has 2 aromatic carbocycles. The number of rotatable bonds is 3. The molecule has 122 valence electrons. The summed E-state index contributed by atoms with van der Waals surface area (Å²) in [7, 11) is 4.02. The van der Waals surface area contributed by atoms with E-state index in [2.05, 4.69) is 4.90 Å². The molecule has 5 heteroatoms. The first kappa shape index (κ1) is 15.4. The molecule has 0 saturated heterocycles. The van der Waals surface area contributed by atoms with Crippen LogP contribution in [-0.4, -0.2) is 43.0 Å². The van der Waals surface area contributed by atoms with Crippen LogP contribution in [0.25, 0.3) is 21.8 Å². The standard InChI is InChI=1S/C19H18ClN3O/c1-11-4-7-15-17-16(19(24)23(15)9-8-22(2)3)13-10-12(20)5-6-14(13)21-18(11)17/h4-7,10H,8-9H2,1-3H3. The average molecular weight is 340 g/mol. The van der Waals surface area contributed by atoms with Crippen LogP contribution in [0.3, 0.4) is 0 Å². The summed E-state index contributed by atoms with van der Waals surface area (Å²) in [5.74, 6) is 0.0390. The molecule has 0 aliphatic carbocycles. The minimum Gasteiger partial charge on any atom is -0.308 e. The van der Waals surface area contributed by atoms with E-state index in [9.17, 15) is 4.79 Å². The molecule has 1 aliphatic rings. The maximum atomic E-state index is 13.2. The molecular weight excluding hydrogens is 322 g/mol. The number of benzene rings is 2. The summed E-state index contributed by atoms with van der Waals surface area (Å²) in [6.07, 6.45) is 0. The van der Waals surface area contributed by atoms with Crippen LogP contribution >= 0.6 is 11.6 Å². The number of hydrogen-bond acceptors (Lipinski definition) is 3. The van der Waals surface area contributed by atoms with Crippen molar-refractivity contribution >= 4 is 45.0 Å². The average Bonchev–Trinajstić information content (AvgIpc) is 2.82. The van der Waals surface area contributed by atoms with Crippen molar-refractivity contribution in [2.45, 2.75) is 6.92 Å². The molecule has 1 aromatic heterocycles. The van der Waals surface area contributed by atoms with Crippen molar-refractivity contribution in [1.82, 2.24) is 9.88 Å². The highest BCUT2D eigenvalue weighted by molar-refractivity contribution is 6.34. The van der Waals surface area contributed by atoms with Gasteiger partial charge in [-0.05, 0) is 50.8 Å². The van der Waals surface area contributed by atoms with Crippen LogP contribution < -0.4 is 4.90 Å². The highest BCUT2D eigenvalue weighted by Crippen LogP contribution is 2.41. The highest BCUT2D eigenvalue weighted by atomic mass is 35.5. The van der Waals surface area contributed by atoms with E-state index in [1.54, 1.807) is 0 Å². The van der Waals surface area contributed by atoms with E-state index in [1.807, 2.05) is 56.3 Å². The van der Waals surface area contributed by atoms with Crippen LogP contribution in [0.5, 0.6) is 0 Å². The number of fused-ring (bicyclic) bond motifs is 2. The van der Waals surface area contributed by atoms with Crippen molar-refractivity contribution in [3.63, 3.8) is 0 Å². The van der Waals surface area contributed by atoms with Crippen molar-refractivity contribution in [2.24, 2.45) is 0 Å². The Kier molecular flexibility index (Phi) is 3.48. The molecule has 0 spiro atoms. The SMILES string of the molecule is Cc1ccc2c3c(c4cc(Cl)ccc4nc13)C(=O)N2CCN(C)C. The summed E-state index contributed by atoms with van der Waals surface area (Å²) in [5.41, 5.74) is 4.47. The molecule has 0 fully saturated rings. The van der Waals surface area contributed by atoms with Crippen LogP contribution in [0.2, 0.25) is 5.02 Å². The number of carbonyl (C=O) groups excluding carboxylic acids is 1. The Labute approximate surface area is 145 Å². The lowest BCUT2D eigenvalue weighted by molar-refractivity contribution is 0.0993. The predicted octanol–water partition coefficient (Wildman–Crippen LogP) is 3.87. The van der Waals surface area contributed by atoms with Gasteiger partial charge in [0.1, 0.15) is 0 Å².